The Morgan fingerprint density at radius 1 is 0.951 bits per heavy atom. The molecule has 8 rings (SSSR count). The van der Waals surface area contributed by atoms with Gasteiger partial charge >= 0.3 is 12.1 Å². The molecule has 0 spiro atoms. The van der Waals surface area contributed by atoms with Crippen molar-refractivity contribution in [3.8, 4) is 11.1 Å². The molecule has 5 aromatic rings. The number of hydrogen-bond acceptors (Lipinski definition) is 8. The van der Waals surface area contributed by atoms with Crippen LogP contribution in [0.4, 0.5) is 9.18 Å². The minimum Gasteiger partial charge on any atom is -0.467 e. The number of esters is 1. The molecule has 12 nitrogen and oxygen atoms in total. The molecule has 1 aliphatic carbocycles. The summed E-state index contributed by atoms with van der Waals surface area (Å²) in [5, 5.41) is 6.23. The first-order valence-corrected chi connectivity index (χ1v) is 20.5. The van der Waals surface area contributed by atoms with Crippen molar-refractivity contribution in [2.24, 2.45) is 5.92 Å². The van der Waals surface area contributed by atoms with E-state index in [1.807, 2.05) is 77.5 Å². The number of ketones is 1. The predicted octanol–water partition coefficient (Wildman–Crippen LogP) is 6.02. The lowest BCUT2D eigenvalue weighted by Crippen LogP contribution is -2.50. The Bertz CT molecular complexity index is 2470. The van der Waals surface area contributed by atoms with Crippen LogP contribution in [0.2, 0.25) is 0 Å². The monoisotopic (exact) mass is 826 g/mol. The van der Waals surface area contributed by atoms with Gasteiger partial charge in [-0.1, -0.05) is 78.9 Å². The second kappa shape index (κ2) is 17.9. The molecule has 0 saturated carbocycles. The van der Waals surface area contributed by atoms with Crippen LogP contribution >= 0.6 is 0 Å². The van der Waals surface area contributed by atoms with Crippen LogP contribution in [0.15, 0.2) is 110 Å². The van der Waals surface area contributed by atoms with Gasteiger partial charge in [-0.05, 0) is 76.4 Å². The van der Waals surface area contributed by atoms with Gasteiger partial charge in [0.1, 0.15) is 19.0 Å². The number of amides is 3. The molecule has 4 bridgehead atoms. The molecule has 0 unspecified atom stereocenters. The van der Waals surface area contributed by atoms with E-state index in [1.165, 1.54) is 24.1 Å². The van der Waals surface area contributed by atoms with Crippen molar-refractivity contribution < 1.29 is 42.6 Å². The van der Waals surface area contributed by atoms with E-state index in [0.29, 0.717) is 23.1 Å². The highest BCUT2D eigenvalue weighted by atomic mass is 19.1. The first-order chi connectivity index (χ1) is 29.6. The summed E-state index contributed by atoms with van der Waals surface area (Å²) in [4.78, 5) is 71.1. The normalized spacial score (nSPS) is 20.7. The molecular formula is C48H47FN4O8. The number of methoxy groups -OCH3 is 1. The van der Waals surface area contributed by atoms with Gasteiger partial charge in [0.15, 0.2) is 11.8 Å². The second-order valence-corrected chi connectivity index (χ2v) is 15.8. The molecule has 3 heterocycles. The number of ether oxygens (including phenoxy) is 3. The zero-order valence-electron chi connectivity index (χ0n) is 33.8. The molecule has 314 valence electrons. The van der Waals surface area contributed by atoms with E-state index in [2.05, 4.69) is 17.2 Å². The number of halogens is 1. The van der Waals surface area contributed by atoms with Gasteiger partial charge < -0.3 is 34.3 Å². The number of aromatic nitrogens is 1. The molecule has 0 radical (unpaired) electrons. The Labute approximate surface area is 352 Å². The molecule has 1 saturated heterocycles. The molecule has 2 aliphatic heterocycles. The van der Waals surface area contributed by atoms with Crippen LogP contribution in [0.25, 0.3) is 22.0 Å². The van der Waals surface area contributed by atoms with Gasteiger partial charge in [-0.15, -0.1) is 6.58 Å². The van der Waals surface area contributed by atoms with Gasteiger partial charge in [0, 0.05) is 55.0 Å². The van der Waals surface area contributed by atoms with Crippen molar-refractivity contribution in [2.45, 2.75) is 62.9 Å². The molecular weight excluding hydrogens is 780 g/mol. The first kappa shape index (κ1) is 41.1. The van der Waals surface area contributed by atoms with E-state index >= 15 is 0 Å². The van der Waals surface area contributed by atoms with E-state index in [9.17, 15) is 28.4 Å². The largest absolute Gasteiger partial charge is 0.467 e. The molecule has 1 aromatic heterocycles. The molecule has 13 heteroatoms. The minimum atomic E-state index is -1.19. The summed E-state index contributed by atoms with van der Waals surface area (Å²) in [7, 11) is 1.21. The highest BCUT2D eigenvalue weighted by molar-refractivity contribution is 5.94. The van der Waals surface area contributed by atoms with Crippen LogP contribution < -0.4 is 10.6 Å². The quantitative estimate of drug-likeness (QED) is 0.143. The number of alkyl carbamates (subject to hydrolysis) is 1. The lowest BCUT2D eigenvalue weighted by atomic mass is 9.88. The maximum absolute atomic E-state index is 14.9. The van der Waals surface area contributed by atoms with Crippen molar-refractivity contribution in [1.29, 1.82) is 0 Å². The predicted molar refractivity (Wildman–Crippen MR) is 225 cm³/mol. The van der Waals surface area contributed by atoms with Crippen LogP contribution in [-0.4, -0.2) is 84.2 Å². The smallest absolute Gasteiger partial charge is 0.407 e. The molecule has 1 fully saturated rings. The SMILES string of the molecule is C=CCn1cc(C[C@@H]2CC(=O)[C@@H](NC(=O)OCC3c4ccccc4-c4ccccc43)Cc3cccc(c3)CNC(=O)CO[C@H]3CCN(C2=O)[C@@H]3C(=O)OC)c2cc(F)ccc21. The lowest BCUT2D eigenvalue weighted by molar-refractivity contribution is -0.157. The fourth-order valence-electron chi connectivity index (χ4n) is 9.08. The van der Waals surface area contributed by atoms with Crippen molar-refractivity contribution >= 4 is 40.6 Å². The average molecular weight is 827 g/mol. The van der Waals surface area contributed by atoms with Crippen LogP contribution in [0, 0.1) is 11.7 Å². The zero-order valence-corrected chi connectivity index (χ0v) is 33.8. The second-order valence-electron chi connectivity index (χ2n) is 15.8. The Balaban J connectivity index is 1.13. The lowest BCUT2D eigenvalue weighted by Gasteiger charge is -2.30. The maximum Gasteiger partial charge on any atom is 0.407 e. The molecule has 3 amide bonds. The summed E-state index contributed by atoms with van der Waals surface area (Å²) in [5.74, 6) is -3.87. The van der Waals surface area contributed by atoms with Crippen LogP contribution in [0.3, 0.4) is 0 Å². The molecule has 4 atom stereocenters. The number of hydrogen-bond donors (Lipinski definition) is 2. The Kier molecular flexibility index (Phi) is 12.1. The van der Waals surface area contributed by atoms with Crippen LogP contribution in [-0.2, 0) is 59.3 Å². The molecule has 4 aromatic carbocycles. The van der Waals surface area contributed by atoms with Gasteiger partial charge in [-0.3, -0.25) is 14.4 Å². The maximum atomic E-state index is 14.9. The summed E-state index contributed by atoms with van der Waals surface area (Å²) in [6.45, 7) is 4.18. The fourth-order valence-corrected chi connectivity index (χ4v) is 9.08. The zero-order chi connectivity index (χ0) is 42.6. The summed E-state index contributed by atoms with van der Waals surface area (Å²) in [6, 6.07) is 25.3. The number of fused-ring (bicyclic) bond motifs is 8. The third-order valence-electron chi connectivity index (χ3n) is 12.0. The van der Waals surface area contributed by atoms with Crippen molar-refractivity contribution in [2.75, 3.05) is 26.9 Å². The minimum absolute atomic E-state index is 0.000140. The van der Waals surface area contributed by atoms with E-state index in [4.69, 9.17) is 14.2 Å². The van der Waals surface area contributed by atoms with Crippen molar-refractivity contribution in [3.63, 3.8) is 0 Å². The summed E-state index contributed by atoms with van der Waals surface area (Å²) < 4.78 is 33.7. The Morgan fingerprint density at radius 2 is 1.69 bits per heavy atom. The van der Waals surface area contributed by atoms with Gasteiger partial charge in [0.2, 0.25) is 11.8 Å². The number of carbonyl (C=O) groups excluding carboxylic acids is 5. The standard InChI is InChI=1S/C48H47FN4O8/c1-3-18-52-26-32(38-24-33(49)15-16-41(38)52)22-31-23-42(54)40(51-48(58)61-27-39-36-13-6-4-11-34(36)35-12-5-7-14-37(35)39)21-29-9-8-10-30(20-29)25-50-44(55)28-60-43-17-19-53(46(31)56)45(43)47(57)59-2/h3-16,20,24,26,31,39-40,43,45H,1,17-19,21-23,25,27-28H2,2H3,(H,50,55)(H,51,58)/t31-,40+,43+,45+/m1/s1. The summed E-state index contributed by atoms with van der Waals surface area (Å²) in [5.41, 5.74) is 6.99. The fraction of sp³-hybridized carbons (Fsp3) is 0.312. The van der Waals surface area contributed by atoms with Gasteiger partial charge in [-0.25, -0.2) is 14.0 Å². The Hall–Kier alpha value is -6.60. The third kappa shape index (κ3) is 8.69. The van der Waals surface area contributed by atoms with Gasteiger partial charge in [0.05, 0.1) is 19.3 Å². The average Bonchev–Trinajstić information content (AvgIpc) is 3.94. The third-order valence-corrected chi connectivity index (χ3v) is 12.0. The summed E-state index contributed by atoms with van der Waals surface area (Å²) >= 11 is 0. The number of carbonyl (C=O) groups is 5. The molecule has 3 aliphatic rings. The van der Waals surface area contributed by atoms with Crippen LogP contribution in [0.5, 0.6) is 0 Å². The number of rotatable bonds is 8. The number of benzene rings is 4. The molecule has 2 N–H and O–H groups in total. The number of nitrogens with zero attached hydrogens (tertiary/aromatic N) is 2. The summed E-state index contributed by atoms with van der Waals surface area (Å²) in [6.07, 6.45) is 1.81. The molecule has 61 heavy (non-hydrogen) atoms. The van der Waals surface area contributed by atoms with Crippen molar-refractivity contribution in [3.05, 3.63) is 143 Å². The Morgan fingerprint density at radius 3 is 2.43 bits per heavy atom. The first-order valence-electron chi connectivity index (χ1n) is 20.5. The highest BCUT2D eigenvalue weighted by Crippen LogP contribution is 2.44. The number of nitrogens with one attached hydrogen (secondary N) is 2. The highest BCUT2D eigenvalue weighted by Gasteiger charge is 2.46. The van der Waals surface area contributed by atoms with E-state index in [-0.39, 0.29) is 57.9 Å². The van der Waals surface area contributed by atoms with E-state index in [1.54, 1.807) is 18.2 Å². The topological polar surface area (TPSA) is 145 Å². The van der Waals surface area contributed by atoms with Crippen molar-refractivity contribution in [1.82, 2.24) is 20.1 Å². The van der Waals surface area contributed by atoms with Crippen LogP contribution in [0.1, 0.15) is 46.6 Å². The van der Waals surface area contributed by atoms with Gasteiger partial charge in [-0.2, -0.15) is 0 Å². The van der Waals surface area contributed by atoms with E-state index in [0.717, 1.165) is 33.3 Å². The van der Waals surface area contributed by atoms with E-state index < -0.39 is 59.6 Å². The number of allylic oxidation sites excluding steroid dienone is 1. The number of Topliss-reactive ketones (excluding diaryl/α,β-unsaturated/α-hetero) is 1. The van der Waals surface area contributed by atoms with Gasteiger partial charge in [0.25, 0.3) is 0 Å².